The van der Waals surface area contributed by atoms with Crippen LogP contribution in [0.1, 0.15) is 0 Å². The zero-order valence-electron chi connectivity index (χ0n) is 20.6. The molecule has 0 aliphatic rings. The quantitative estimate of drug-likeness (QED) is 0.110. The highest BCUT2D eigenvalue weighted by molar-refractivity contribution is 5.93. The fourth-order valence-corrected chi connectivity index (χ4v) is 3.49. The second kappa shape index (κ2) is 13.4. The van der Waals surface area contributed by atoms with Gasteiger partial charge in [-0.3, -0.25) is 0 Å². The molecule has 1 unspecified atom stereocenters. The second-order valence-corrected chi connectivity index (χ2v) is 7.90. The fourth-order valence-electron chi connectivity index (χ4n) is 3.49. The van der Waals surface area contributed by atoms with Crippen molar-refractivity contribution in [2.75, 3.05) is 19.8 Å². The van der Waals surface area contributed by atoms with E-state index in [1.165, 1.54) is 0 Å². The molecule has 1 atom stereocenters. The number of nitrogens with one attached hydrogen (secondary N) is 1. The van der Waals surface area contributed by atoms with E-state index in [1.807, 2.05) is 78.9 Å². The van der Waals surface area contributed by atoms with E-state index in [4.69, 9.17) is 23.7 Å². The van der Waals surface area contributed by atoms with Crippen LogP contribution in [0.4, 0.5) is 4.79 Å². The van der Waals surface area contributed by atoms with Gasteiger partial charge in [0.05, 0.1) is 6.54 Å². The molecule has 0 aromatic heterocycles. The van der Waals surface area contributed by atoms with Crippen LogP contribution < -0.4 is 19.5 Å². The number of carbonyl (C=O) groups is 2. The Morgan fingerprint density at radius 1 is 0.737 bits per heavy atom. The first-order chi connectivity index (χ1) is 18.6. The summed E-state index contributed by atoms with van der Waals surface area (Å²) < 4.78 is 28.4. The molecule has 194 valence electrons. The Morgan fingerprint density at radius 2 is 1.34 bits per heavy atom. The predicted octanol–water partition coefficient (Wildman–Crippen LogP) is 5.87. The number of para-hydroxylation sites is 2. The van der Waals surface area contributed by atoms with Crippen molar-refractivity contribution < 1.29 is 33.3 Å². The van der Waals surface area contributed by atoms with Gasteiger partial charge in [0.15, 0.2) is 6.61 Å². The molecule has 1 amide bonds. The molecule has 4 aromatic carbocycles. The van der Waals surface area contributed by atoms with Gasteiger partial charge in [-0.15, -0.1) is 0 Å². The van der Waals surface area contributed by atoms with Gasteiger partial charge in [0.25, 0.3) is 6.29 Å². The number of amides is 1. The van der Waals surface area contributed by atoms with Crippen LogP contribution in [0.25, 0.3) is 10.8 Å². The van der Waals surface area contributed by atoms with Gasteiger partial charge in [-0.05, 0) is 36.4 Å². The summed E-state index contributed by atoms with van der Waals surface area (Å²) in [6.07, 6.45) is -0.613. The summed E-state index contributed by atoms with van der Waals surface area (Å²) in [6, 6.07) is 29.9. The van der Waals surface area contributed by atoms with Gasteiger partial charge in [0, 0.05) is 16.8 Å². The maximum absolute atomic E-state index is 12.2. The van der Waals surface area contributed by atoms with E-state index in [2.05, 4.69) is 11.9 Å². The van der Waals surface area contributed by atoms with E-state index in [0.29, 0.717) is 17.2 Å². The first-order valence-corrected chi connectivity index (χ1v) is 11.9. The highest BCUT2D eigenvalue weighted by atomic mass is 16.7. The van der Waals surface area contributed by atoms with Gasteiger partial charge >= 0.3 is 12.1 Å². The molecule has 38 heavy (non-hydrogen) atoms. The molecule has 0 aliphatic carbocycles. The molecule has 0 saturated heterocycles. The van der Waals surface area contributed by atoms with Crippen molar-refractivity contribution in [3.63, 3.8) is 0 Å². The number of alkyl carbamates (subject to hydrolysis) is 1. The van der Waals surface area contributed by atoms with Crippen molar-refractivity contribution in [3.8, 4) is 23.0 Å². The van der Waals surface area contributed by atoms with Gasteiger partial charge in [-0.1, -0.05) is 67.2 Å². The van der Waals surface area contributed by atoms with Crippen molar-refractivity contribution in [3.05, 3.63) is 110 Å². The van der Waals surface area contributed by atoms with Crippen molar-refractivity contribution in [2.24, 2.45) is 0 Å². The molecular formula is C30H27NO7. The SMILES string of the molecule is C=CC(=O)OCCNC(=O)OCC(Oc1ccccc1)Oc1ccc(Oc2ccccc2)c2ccccc12. The third-order valence-electron chi connectivity index (χ3n) is 5.22. The van der Waals surface area contributed by atoms with E-state index in [0.717, 1.165) is 22.6 Å². The van der Waals surface area contributed by atoms with E-state index in [1.54, 1.807) is 18.2 Å². The average Bonchev–Trinajstić information content (AvgIpc) is 2.96. The Bertz CT molecular complexity index is 1360. The smallest absolute Gasteiger partial charge is 0.407 e. The molecule has 4 aromatic rings. The van der Waals surface area contributed by atoms with Crippen LogP contribution in [0, 0.1) is 0 Å². The molecule has 8 heteroatoms. The average molecular weight is 514 g/mol. The highest BCUT2D eigenvalue weighted by Gasteiger charge is 2.18. The fraction of sp³-hybridized carbons (Fsp3) is 0.133. The van der Waals surface area contributed by atoms with Crippen LogP contribution >= 0.6 is 0 Å². The number of fused-ring (bicyclic) bond motifs is 1. The second-order valence-electron chi connectivity index (χ2n) is 7.90. The van der Waals surface area contributed by atoms with E-state index in [9.17, 15) is 9.59 Å². The van der Waals surface area contributed by atoms with E-state index < -0.39 is 18.4 Å². The summed E-state index contributed by atoms with van der Waals surface area (Å²) in [7, 11) is 0. The Kier molecular flexibility index (Phi) is 9.18. The standard InChI is InChI=1S/C30H27NO7/c1-2-28(32)34-20-19-31-30(33)35-21-29(37-23-13-7-4-8-14-23)38-27-18-17-26(24-15-9-10-16-25(24)27)36-22-11-5-3-6-12-22/h2-18,29H,1,19-21H2,(H,31,33). The molecule has 1 N–H and O–H groups in total. The first-order valence-electron chi connectivity index (χ1n) is 11.9. The van der Waals surface area contributed by atoms with Gasteiger partial charge in [0.2, 0.25) is 0 Å². The monoisotopic (exact) mass is 513 g/mol. The molecule has 0 heterocycles. The first kappa shape index (κ1) is 26.1. The van der Waals surface area contributed by atoms with Crippen molar-refractivity contribution in [1.82, 2.24) is 5.32 Å². The lowest BCUT2D eigenvalue weighted by atomic mass is 10.1. The number of hydrogen-bond acceptors (Lipinski definition) is 7. The molecule has 0 aliphatic heterocycles. The summed E-state index contributed by atoms with van der Waals surface area (Å²) in [5.74, 6) is 1.90. The predicted molar refractivity (Wildman–Crippen MR) is 142 cm³/mol. The Morgan fingerprint density at radius 3 is 2.03 bits per heavy atom. The van der Waals surface area contributed by atoms with Crippen molar-refractivity contribution in [2.45, 2.75) is 6.29 Å². The van der Waals surface area contributed by atoms with Gasteiger partial charge in [-0.25, -0.2) is 9.59 Å². The minimum Gasteiger partial charge on any atom is -0.461 e. The lowest BCUT2D eigenvalue weighted by Crippen LogP contribution is -2.35. The lowest BCUT2D eigenvalue weighted by molar-refractivity contribution is -0.137. The zero-order valence-corrected chi connectivity index (χ0v) is 20.6. The summed E-state index contributed by atoms with van der Waals surface area (Å²) in [5.41, 5.74) is 0. The van der Waals surface area contributed by atoms with Gasteiger partial charge < -0.3 is 29.0 Å². The van der Waals surface area contributed by atoms with Crippen LogP contribution in [-0.2, 0) is 14.3 Å². The highest BCUT2D eigenvalue weighted by Crippen LogP contribution is 2.36. The van der Waals surface area contributed by atoms with Crippen LogP contribution in [0.3, 0.4) is 0 Å². The van der Waals surface area contributed by atoms with Crippen LogP contribution in [-0.4, -0.2) is 38.1 Å². The summed E-state index contributed by atoms with van der Waals surface area (Å²) >= 11 is 0. The number of benzene rings is 4. The number of hydrogen-bond donors (Lipinski definition) is 1. The van der Waals surface area contributed by atoms with E-state index >= 15 is 0 Å². The normalized spacial score (nSPS) is 11.2. The third-order valence-corrected chi connectivity index (χ3v) is 5.22. The number of esters is 1. The van der Waals surface area contributed by atoms with Crippen LogP contribution in [0.5, 0.6) is 23.0 Å². The Hall–Kier alpha value is -4.98. The third kappa shape index (κ3) is 7.51. The largest absolute Gasteiger partial charge is 0.461 e. The molecule has 0 bridgehead atoms. The Labute approximate surface area is 220 Å². The maximum atomic E-state index is 12.2. The molecule has 0 fully saturated rings. The molecule has 8 nitrogen and oxygen atoms in total. The topological polar surface area (TPSA) is 92.3 Å². The molecule has 0 saturated carbocycles. The van der Waals surface area contributed by atoms with E-state index in [-0.39, 0.29) is 19.8 Å². The van der Waals surface area contributed by atoms with Crippen LogP contribution in [0.15, 0.2) is 110 Å². The number of rotatable bonds is 12. The maximum Gasteiger partial charge on any atom is 0.407 e. The zero-order chi connectivity index (χ0) is 26.6. The number of ether oxygens (including phenoxy) is 5. The minimum atomic E-state index is -0.953. The summed E-state index contributed by atoms with van der Waals surface area (Å²) in [6.45, 7) is 3.18. The minimum absolute atomic E-state index is 0.0101. The molecule has 0 radical (unpaired) electrons. The van der Waals surface area contributed by atoms with Gasteiger partial charge in [0.1, 0.15) is 29.6 Å². The van der Waals surface area contributed by atoms with Crippen molar-refractivity contribution >= 4 is 22.8 Å². The van der Waals surface area contributed by atoms with Crippen LogP contribution in [0.2, 0.25) is 0 Å². The number of carbonyl (C=O) groups excluding carboxylic acids is 2. The summed E-state index contributed by atoms with van der Waals surface area (Å²) in [4.78, 5) is 23.3. The molecular weight excluding hydrogens is 486 g/mol. The molecule has 4 rings (SSSR count). The molecule has 0 spiro atoms. The summed E-state index contributed by atoms with van der Waals surface area (Å²) in [5, 5.41) is 4.15. The van der Waals surface area contributed by atoms with Gasteiger partial charge in [-0.2, -0.15) is 0 Å². The van der Waals surface area contributed by atoms with Crippen molar-refractivity contribution in [1.29, 1.82) is 0 Å². The lowest BCUT2D eigenvalue weighted by Gasteiger charge is -2.22. The Balaban J connectivity index is 1.47.